The predicted octanol–water partition coefficient (Wildman–Crippen LogP) is 8.71. The summed E-state index contributed by atoms with van der Waals surface area (Å²) < 4.78 is 94.9. The van der Waals surface area contributed by atoms with Crippen molar-refractivity contribution in [2.75, 3.05) is 147 Å². The average molecular weight is 1960 g/mol. The van der Waals surface area contributed by atoms with Crippen molar-refractivity contribution in [3.05, 3.63) is 0 Å². The number of methoxy groups -OCH3 is 14. The summed E-state index contributed by atoms with van der Waals surface area (Å²) in [5.74, 6) is -18.5. The molecule has 0 saturated carbocycles. The largest absolute Gasteiger partial charge is 0.469 e. The molecule has 133 heavy (non-hydrogen) atoms. The Labute approximate surface area is 791 Å². The molecule has 0 aromatic carbocycles. The van der Waals surface area contributed by atoms with Crippen LogP contribution in [0.25, 0.3) is 0 Å². The van der Waals surface area contributed by atoms with Crippen LogP contribution in [0.5, 0.6) is 0 Å². The third-order valence-electron chi connectivity index (χ3n) is 24.4. The third-order valence-corrected chi connectivity index (χ3v) is 28.0. The molecule has 0 aliphatic carbocycles. The van der Waals surface area contributed by atoms with E-state index in [1.807, 2.05) is 0 Å². The summed E-state index contributed by atoms with van der Waals surface area (Å²) >= 11 is 3.18. The van der Waals surface area contributed by atoms with E-state index < -0.39 is 278 Å². The van der Waals surface area contributed by atoms with Crippen LogP contribution in [0.4, 0.5) is 0 Å². The van der Waals surface area contributed by atoms with Gasteiger partial charge in [0.05, 0.1) is 175 Å². The van der Waals surface area contributed by atoms with Crippen molar-refractivity contribution in [1.29, 1.82) is 0 Å². The lowest BCUT2D eigenvalue weighted by atomic mass is 9.55. The zero-order valence-electron chi connectivity index (χ0n) is 82.7. The molecule has 0 saturated heterocycles. The molecule has 0 heterocycles. The molecule has 758 valence electrons. The van der Waals surface area contributed by atoms with Crippen LogP contribution in [-0.2, 0) is 186 Å². The second-order valence-corrected chi connectivity index (χ2v) is 41.6. The van der Waals surface area contributed by atoms with E-state index >= 15 is 24.0 Å². The summed E-state index contributed by atoms with van der Waals surface area (Å²) in [6, 6.07) is 0. The molecule has 0 aromatic heterocycles. The number of esters is 14. The molecule has 15 unspecified atom stereocenters. The second-order valence-electron chi connectivity index (χ2n) is 38.2. The van der Waals surface area contributed by atoms with Crippen molar-refractivity contribution >= 4 is 162 Å². The highest BCUT2D eigenvalue weighted by Gasteiger charge is 2.63. The first-order valence-electron chi connectivity index (χ1n) is 42.3. The van der Waals surface area contributed by atoms with Crippen molar-refractivity contribution in [3.8, 4) is 0 Å². The van der Waals surface area contributed by atoms with Crippen molar-refractivity contribution in [1.82, 2.24) is 0 Å². The summed E-state index contributed by atoms with van der Waals surface area (Å²) in [4.78, 5) is 291. The molecule has 15 atom stereocenters. The number of Topliss-reactive ketones (excluding diaryl/α,β-unsaturated/α-hetero) is 3. The van der Waals surface area contributed by atoms with Gasteiger partial charge in [-0.05, 0) is 187 Å². The van der Waals surface area contributed by atoms with Crippen molar-refractivity contribution in [2.24, 2.45) is 81.7 Å². The molecule has 0 radical (unpaired) electrons. The van der Waals surface area contributed by atoms with Crippen LogP contribution >= 0.6 is 35.3 Å². The molecule has 0 aliphatic heterocycles. The Kier molecular flexibility index (Phi) is 49.9. The maximum Gasteiger partial charge on any atom is 0.312 e. The summed E-state index contributed by atoms with van der Waals surface area (Å²) in [6.45, 7) is 20.6. The first-order valence-corrected chi connectivity index (χ1v) is 45.8. The zero-order valence-corrected chi connectivity index (χ0v) is 85.1. The van der Waals surface area contributed by atoms with Gasteiger partial charge in [0, 0.05) is 53.8 Å². The number of rotatable bonds is 68. The van der Waals surface area contributed by atoms with E-state index in [4.69, 9.17) is 85.3 Å². The molecule has 0 rings (SSSR count). The van der Waals surface area contributed by atoms with E-state index in [0.29, 0.717) is 0 Å². The summed E-state index contributed by atoms with van der Waals surface area (Å²) in [5.41, 5.74) is -27.8. The zero-order chi connectivity index (χ0) is 103. The monoisotopic (exact) mass is 1950 g/mol. The molecule has 0 amide bonds. The van der Waals surface area contributed by atoms with Gasteiger partial charge in [-0.25, -0.2) is 0 Å². The Morgan fingerprint density at radius 3 is 0.564 bits per heavy atom. The number of ketones is 3. The van der Waals surface area contributed by atoms with Crippen LogP contribution in [0.1, 0.15) is 207 Å². The van der Waals surface area contributed by atoms with Gasteiger partial charge in [-0.1, -0.05) is 0 Å². The van der Waals surface area contributed by atoms with Gasteiger partial charge in [0.1, 0.15) is 31.3 Å². The predicted molar refractivity (Wildman–Crippen MR) is 478 cm³/mol. The third kappa shape index (κ3) is 34.1. The Hall–Kier alpha value is -9.48. The number of thioether (sulfide) groups is 3. The Morgan fingerprint density at radius 1 is 0.226 bits per heavy atom. The lowest BCUT2D eigenvalue weighted by Crippen LogP contribution is -2.51. The lowest BCUT2D eigenvalue weighted by Gasteiger charge is -2.47. The number of carbonyl (C=O) groups excluding carboxylic acids is 21. The van der Waals surface area contributed by atoms with E-state index in [2.05, 4.69) is 0 Å². The van der Waals surface area contributed by atoms with Gasteiger partial charge in [-0.15, -0.1) is 0 Å². The molecular weight excluding hydrogens is 1810 g/mol. The van der Waals surface area contributed by atoms with Crippen LogP contribution in [0.2, 0.25) is 0 Å². The summed E-state index contributed by atoms with van der Waals surface area (Å²) in [6.07, 6.45) is -11.0. The van der Waals surface area contributed by atoms with E-state index in [0.717, 1.165) is 135 Å². The minimum Gasteiger partial charge on any atom is -0.469 e. The first-order chi connectivity index (χ1) is 61.5. The van der Waals surface area contributed by atoms with Crippen molar-refractivity contribution < 1.29 is 186 Å². The van der Waals surface area contributed by atoms with E-state index in [9.17, 15) is 76.7 Å². The highest BCUT2D eigenvalue weighted by atomic mass is 32.2. The molecular formula is C91H142O39S3. The van der Waals surface area contributed by atoms with Crippen molar-refractivity contribution in [2.45, 2.75) is 219 Å². The lowest BCUT2D eigenvalue weighted by molar-refractivity contribution is -0.175. The molecule has 0 fully saturated rings. The number of hydrogen-bond donors (Lipinski definition) is 0. The van der Waals surface area contributed by atoms with Crippen LogP contribution in [0.15, 0.2) is 0 Å². The highest BCUT2D eigenvalue weighted by Crippen LogP contribution is 2.60. The minimum absolute atomic E-state index is 0.0196. The highest BCUT2D eigenvalue weighted by molar-refractivity contribution is 7.99. The van der Waals surface area contributed by atoms with Gasteiger partial charge in [-0.3, -0.25) is 101 Å². The smallest absolute Gasteiger partial charge is 0.312 e. The van der Waals surface area contributed by atoms with Gasteiger partial charge in [-0.2, -0.15) is 35.3 Å². The van der Waals surface area contributed by atoms with E-state index in [-0.39, 0.29) is 92.9 Å². The molecule has 39 nitrogen and oxygen atoms in total. The topological polar surface area (TPSA) is 525 Å². The molecule has 0 aliphatic rings. The average Bonchev–Trinajstić information content (AvgIpc) is 0.731. The summed E-state index contributed by atoms with van der Waals surface area (Å²) in [5, 5.41) is 0. The molecule has 0 aromatic rings. The number of hydrogen-bond acceptors (Lipinski definition) is 42. The van der Waals surface area contributed by atoms with E-state index in [1.165, 1.54) is 104 Å². The Morgan fingerprint density at radius 2 is 0.391 bits per heavy atom. The van der Waals surface area contributed by atoms with Gasteiger partial charge in [0.25, 0.3) is 25.9 Å². The first kappa shape index (κ1) is 124. The fraction of sp³-hybridized carbons (Fsp3) is 0.769. The fourth-order valence-corrected chi connectivity index (χ4v) is 23.5. The van der Waals surface area contributed by atoms with E-state index in [1.54, 1.807) is 0 Å². The normalized spacial score (nSPS) is 18.0. The fourth-order valence-electron chi connectivity index (χ4n) is 20.4. The molecule has 0 N–H and O–H groups in total. The standard InChI is InChI=1S/C91H142O39S3/c1-78(2,64(99)113-16)40-79(3,65(100)114-17)41-80(4,66(101)115-18)42-81(5,67(102)116-19)43-82(6,68(103)117-20)44-83(7,69(104)118-21)45-84(8,70(105)119-22)46-85(9,71(106)120-23)47-86(10,72(107)121-24)48-87(11,73(108)122-25)49-88(12,74(109)123-26)50-89(13,75(110)124-27)51-90(14,76(111)125-28)52-91(15,77(112)126-29)53-133-35-32-62(98)63(60(96)30-33-131-38-58(129-56-94)36-127-54-92)61(97)31-34-132-39-59(130-57-95)37-128-55-93/h54-59,63H,30-53H2,1-29H3. The minimum atomic E-state index is -2.17. The number of carbonyl (C=O) groups is 21. The van der Waals surface area contributed by atoms with Crippen molar-refractivity contribution in [3.63, 3.8) is 0 Å². The van der Waals surface area contributed by atoms with Gasteiger partial charge in [0.15, 0.2) is 17.3 Å². The van der Waals surface area contributed by atoms with Crippen LogP contribution in [0.3, 0.4) is 0 Å². The quantitative estimate of drug-likeness (QED) is 0.0180. The van der Waals surface area contributed by atoms with Gasteiger partial charge < -0.3 is 85.3 Å². The summed E-state index contributed by atoms with van der Waals surface area (Å²) in [7, 11) is 14.5. The molecule has 42 heteroatoms. The van der Waals surface area contributed by atoms with Gasteiger partial charge in [0.2, 0.25) is 0 Å². The molecule has 0 bridgehead atoms. The maximum absolute atomic E-state index is 15.1. The Balaban J connectivity index is 8.58. The van der Waals surface area contributed by atoms with Gasteiger partial charge >= 0.3 is 83.6 Å². The van der Waals surface area contributed by atoms with Crippen LogP contribution in [-0.4, -0.2) is 286 Å². The van der Waals surface area contributed by atoms with Crippen LogP contribution < -0.4 is 0 Å². The Bertz CT molecular complexity index is 4030. The van der Waals surface area contributed by atoms with Crippen LogP contribution in [0, 0.1) is 81.7 Å². The molecule has 0 spiro atoms. The number of ether oxygens (including phenoxy) is 18. The maximum atomic E-state index is 15.1. The second kappa shape index (κ2) is 53.7. The SMILES string of the molecule is COC(=O)C(C)(C)CC(C)(CC(C)(CC(C)(CC(C)(CC(C)(CC(C)(CC(C)(CC(C)(CC(C)(CC(C)(CC(C)(CC(C)(CC(C)(CSCCC(=O)C(C(=O)CCSCC(COC=O)OC=O)C(=O)CCSCC(COC=O)OC=O)C(=O)OC)C(=O)OC)C(=O)OC)C(=O)OC)C(=O)OC)C(=O)OC)C(=O)OC)C(=O)OC)C(=O)OC)C(=O)OC)C(=O)OC)C(=O)OC)C(=O)OC.